The highest BCUT2D eigenvalue weighted by molar-refractivity contribution is 5.79. The molecule has 4 nitrogen and oxygen atoms in total. The Morgan fingerprint density at radius 1 is 1.39 bits per heavy atom. The minimum absolute atomic E-state index is 0.00681. The lowest BCUT2D eigenvalue weighted by Gasteiger charge is -2.16. The van der Waals surface area contributed by atoms with Crippen molar-refractivity contribution >= 4 is 5.91 Å². The molecule has 1 amide bonds. The second-order valence-electron chi connectivity index (χ2n) is 4.67. The van der Waals surface area contributed by atoms with E-state index < -0.39 is 0 Å². The number of para-hydroxylation sites is 1. The Morgan fingerprint density at radius 2 is 2.06 bits per heavy atom. The molecule has 100 valence electrons. The van der Waals surface area contributed by atoms with Gasteiger partial charge in [0.05, 0.1) is 13.5 Å². The third kappa shape index (κ3) is 4.75. The molecule has 18 heavy (non-hydrogen) atoms. The van der Waals surface area contributed by atoms with Crippen LogP contribution in [0.4, 0.5) is 0 Å². The molecule has 0 aliphatic carbocycles. The fourth-order valence-corrected chi connectivity index (χ4v) is 1.96. The van der Waals surface area contributed by atoms with E-state index in [-0.39, 0.29) is 18.0 Å². The summed E-state index contributed by atoms with van der Waals surface area (Å²) in [6.45, 7) is 3.90. The van der Waals surface area contributed by atoms with Crippen molar-refractivity contribution in [2.45, 2.75) is 38.8 Å². The molecule has 0 spiro atoms. The van der Waals surface area contributed by atoms with E-state index in [1.807, 2.05) is 38.1 Å². The first-order chi connectivity index (χ1) is 8.52. The van der Waals surface area contributed by atoms with Crippen LogP contribution in [0, 0.1) is 0 Å². The van der Waals surface area contributed by atoms with Gasteiger partial charge in [-0.2, -0.15) is 0 Å². The lowest BCUT2D eigenvalue weighted by Crippen LogP contribution is -2.37. The van der Waals surface area contributed by atoms with E-state index in [1.54, 1.807) is 7.11 Å². The maximum Gasteiger partial charge on any atom is 0.224 e. The fraction of sp³-hybridized carbons (Fsp3) is 0.500. The van der Waals surface area contributed by atoms with Gasteiger partial charge in [-0.1, -0.05) is 18.2 Å². The van der Waals surface area contributed by atoms with E-state index in [0.717, 1.165) is 17.7 Å². The van der Waals surface area contributed by atoms with E-state index in [0.29, 0.717) is 6.42 Å². The molecular weight excluding hydrogens is 228 g/mol. The number of rotatable bonds is 6. The molecule has 0 radical (unpaired) electrons. The SMILES string of the molecule is COc1ccccc1CC(=O)NC(C)CC(C)N. The molecular formula is C14H22N2O2. The van der Waals surface area contributed by atoms with Crippen LogP contribution in [0.15, 0.2) is 24.3 Å². The number of ether oxygens (including phenoxy) is 1. The Labute approximate surface area is 109 Å². The molecule has 4 heteroatoms. The molecule has 0 saturated carbocycles. The number of hydrogen-bond acceptors (Lipinski definition) is 3. The highest BCUT2D eigenvalue weighted by Crippen LogP contribution is 2.17. The summed E-state index contributed by atoms with van der Waals surface area (Å²) in [4.78, 5) is 11.9. The quantitative estimate of drug-likeness (QED) is 0.803. The molecule has 0 aromatic heterocycles. The predicted octanol–water partition coefficient (Wildman–Crippen LogP) is 1.48. The third-order valence-electron chi connectivity index (χ3n) is 2.68. The molecule has 1 aromatic carbocycles. The first-order valence-electron chi connectivity index (χ1n) is 6.19. The first-order valence-corrected chi connectivity index (χ1v) is 6.19. The summed E-state index contributed by atoms with van der Waals surface area (Å²) in [5.41, 5.74) is 6.59. The minimum Gasteiger partial charge on any atom is -0.496 e. The summed E-state index contributed by atoms with van der Waals surface area (Å²) in [6.07, 6.45) is 1.10. The number of nitrogens with one attached hydrogen (secondary N) is 1. The second kappa shape index (κ2) is 7.01. The number of carbonyl (C=O) groups is 1. The molecule has 0 fully saturated rings. The summed E-state index contributed by atoms with van der Waals surface area (Å²) < 4.78 is 5.22. The zero-order valence-corrected chi connectivity index (χ0v) is 11.3. The normalized spacial score (nSPS) is 13.8. The Hall–Kier alpha value is -1.55. The van der Waals surface area contributed by atoms with Crippen LogP contribution < -0.4 is 15.8 Å². The second-order valence-corrected chi connectivity index (χ2v) is 4.67. The monoisotopic (exact) mass is 250 g/mol. The highest BCUT2D eigenvalue weighted by Gasteiger charge is 2.11. The van der Waals surface area contributed by atoms with Gasteiger partial charge in [0.15, 0.2) is 0 Å². The van der Waals surface area contributed by atoms with E-state index >= 15 is 0 Å². The van der Waals surface area contributed by atoms with Crippen LogP contribution in [-0.4, -0.2) is 25.1 Å². The fourth-order valence-electron chi connectivity index (χ4n) is 1.96. The van der Waals surface area contributed by atoms with Crippen LogP contribution in [0.5, 0.6) is 5.75 Å². The van der Waals surface area contributed by atoms with Gasteiger partial charge < -0.3 is 15.8 Å². The molecule has 0 saturated heterocycles. The molecule has 0 aliphatic rings. The van der Waals surface area contributed by atoms with Gasteiger partial charge in [0.25, 0.3) is 0 Å². The largest absolute Gasteiger partial charge is 0.496 e. The van der Waals surface area contributed by atoms with E-state index in [4.69, 9.17) is 10.5 Å². The van der Waals surface area contributed by atoms with E-state index in [9.17, 15) is 4.79 Å². The maximum absolute atomic E-state index is 11.9. The maximum atomic E-state index is 11.9. The molecule has 3 N–H and O–H groups in total. The molecule has 0 bridgehead atoms. The van der Waals surface area contributed by atoms with Crippen LogP contribution in [0.1, 0.15) is 25.8 Å². The molecule has 2 atom stereocenters. The van der Waals surface area contributed by atoms with Gasteiger partial charge in [0, 0.05) is 17.6 Å². The number of amides is 1. The summed E-state index contributed by atoms with van der Waals surface area (Å²) >= 11 is 0. The predicted molar refractivity (Wildman–Crippen MR) is 72.6 cm³/mol. The summed E-state index contributed by atoms with van der Waals surface area (Å²) in [6, 6.07) is 7.72. The van der Waals surface area contributed by atoms with Crippen molar-refractivity contribution in [3.63, 3.8) is 0 Å². The van der Waals surface area contributed by atoms with Crippen molar-refractivity contribution in [2.24, 2.45) is 5.73 Å². The number of hydrogen-bond donors (Lipinski definition) is 2. The zero-order chi connectivity index (χ0) is 13.5. The minimum atomic E-state index is -0.00681. The van der Waals surface area contributed by atoms with Crippen molar-refractivity contribution in [3.8, 4) is 5.75 Å². The lowest BCUT2D eigenvalue weighted by atomic mass is 10.1. The van der Waals surface area contributed by atoms with Crippen LogP contribution in [0.25, 0.3) is 0 Å². The Kier molecular flexibility index (Phi) is 5.65. The standard InChI is InChI=1S/C14H22N2O2/c1-10(15)8-11(2)16-14(17)9-12-6-4-5-7-13(12)18-3/h4-7,10-11H,8-9,15H2,1-3H3,(H,16,17). The number of nitrogens with two attached hydrogens (primary N) is 1. The van der Waals surface area contributed by atoms with E-state index in [2.05, 4.69) is 5.32 Å². The van der Waals surface area contributed by atoms with E-state index in [1.165, 1.54) is 0 Å². The topological polar surface area (TPSA) is 64.3 Å². The van der Waals surface area contributed by atoms with Crippen LogP contribution in [-0.2, 0) is 11.2 Å². The summed E-state index contributed by atoms with van der Waals surface area (Å²) in [5, 5.41) is 2.94. The smallest absolute Gasteiger partial charge is 0.224 e. The Morgan fingerprint density at radius 3 is 2.67 bits per heavy atom. The number of methoxy groups -OCH3 is 1. The van der Waals surface area contributed by atoms with Crippen molar-refractivity contribution in [1.82, 2.24) is 5.32 Å². The average molecular weight is 250 g/mol. The zero-order valence-electron chi connectivity index (χ0n) is 11.3. The van der Waals surface area contributed by atoms with Crippen LogP contribution in [0.3, 0.4) is 0 Å². The molecule has 0 heterocycles. The van der Waals surface area contributed by atoms with Gasteiger partial charge in [-0.15, -0.1) is 0 Å². The lowest BCUT2D eigenvalue weighted by molar-refractivity contribution is -0.121. The van der Waals surface area contributed by atoms with Gasteiger partial charge in [-0.25, -0.2) is 0 Å². The van der Waals surface area contributed by atoms with Gasteiger partial charge in [0.2, 0.25) is 5.91 Å². The molecule has 1 aromatic rings. The Balaban J connectivity index is 2.54. The highest BCUT2D eigenvalue weighted by atomic mass is 16.5. The van der Waals surface area contributed by atoms with Crippen molar-refractivity contribution in [3.05, 3.63) is 29.8 Å². The molecule has 2 unspecified atom stereocenters. The first kappa shape index (κ1) is 14.5. The molecule has 1 rings (SSSR count). The number of carbonyl (C=O) groups excluding carboxylic acids is 1. The van der Waals surface area contributed by atoms with Gasteiger partial charge in [0.1, 0.15) is 5.75 Å². The average Bonchev–Trinajstić information content (AvgIpc) is 2.28. The van der Waals surface area contributed by atoms with Crippen LogP contribution >= 0.6 is 0 Å². The van der Waals surface area contributed by atoms with Gasteiger partial charge in [-0.05, 0) is 26.3 Å². The van der Waals surface area contributed by atoms with Gasteiger partial charge in [-0.3, -0.25) is 4.79 Å². The Bertz CT molecular complexity index is 391. The summed E-state index contributed by atoms with van der Waals surface area (Å²) in [5.74, 6) is 0.736. The van der Waals surface area contributed by atoms with Gasteiger partial charge >= 0.3 is 0 Å². The number of benzene rings is 1. The third-order valence-corrected chi connectivity index (χ3v) is 2.68. The molecule has 0 aliphatic heterocycles. The van der Waals surface area contributed by atoms with Crippen LogP contribution in [0.2, 0.25) is 0 Å². The summed E-state index contributed by atoms with van der Waals surface area (Å²) in [7, 11) is 1.61. The van der Waals surface area contributed by atoms with Crippen molar-refractivity contribution in [2.75, 3.05) is 7.11 Å². The van der Waals surface area contributed by atoms with Crippen molar-refractivity contribution in [1.29, 1.82) is 0 Å². The van der Waals surface area contributed by atoms with Crippen molar-refractivity contribution < 1.29 is 9.53 Å².